The van der Waals surface area contributed by atoms with E-state index >= 15 is 0 Å². The van der Waals surface area contributed by atoms with E-state index in [1.807, 2.05) is 40.7 Å². The van der Waals surface area contributed by atoms with Gasteiger partial charge in [-0.2, -0.15) is 5.10 Å². The van der Waals surface area contributed by atoms with Crippen LogP contribution < -0.4 is 5.32 Å². The molecule has 0 bridgehead atoms. The number of rotatable bonds is 5. The zero-order valence-corrected chi connectivity index (χ0v) is 12.3. The first kappa shape index (κ1) is 13.4. The largest absolute Gasteiger partial charge is 0.351 e. The lowest BCUT2D eigenvalue weighted by molar-refractivity contribution is 0.746. The predicted octanol–water partition coefficient (Wildman–Crippen LogP) is 2.78. The van der Waals surface area contributed by atoms with E-state index < -0.39 is 0 Å². The lowest BCUT2D eigenvalue weighted by atomic mass is 10.2. The molecule has 5 nitrogen and oxygen atoms in total. The van der Waals surface area contributed by atoms with Crippen molar-refractivity contribution in [1.29, 1.82) is 0 Å². The second-order valence-corrected chi connectivity index (χ2v) is 4.94. The van der Waals surface area contributed by atoms with Crippen molar-refractivity contribution in [2.75, 3.05) is 5.32 Å². The summed E-state index contributed by atoms with van der Waals surface area (Å²) in [4.78, 5) is 4.39. The first-order chi connectivity index (χ1) is 10.3. The van der Waals surface area contributed by atoms with Crippen LogP contribution in [-0.2, 0) is 20.0 Å². The second kappa shape index (κ2) is 5.83. The van der Waals surface area contributed by atoms with Gasteiger partial charge >= 0.3 is 0 Å². The third-order valence-corrected chi connectivity index (χ3v) is 3.44. The lowest BCUT2D eigenvalue weighted by Crippen LogP contribution is -2.06. The number of anilines is 1. The Kier molecular flexibility index (Phi) is 3.73. The first-order valence-corrected chi connectivity index (χ1v) is 7.12. The maximum absolute atomic E-state index is 4.46. The maximum atomic E-state index is 4.46. The minimum atomic E-state index is 0.723. The van der Waals surface area contributed by atoms with Gasteiger partial charge in [-0.25, -0.2) is 4.98 Å². The Labute approximate surface area is 124 Å². The normalized spacial score (nSPS) is 10.8. The molecule has 0 aliphatic rings. The van der Waals surface area contributed by atoms with E-state index in [0.717, 1.165) is 30.3 Å². The van der Waals surface area contributed by atoms with Crippen LogP contribution in [0.2, 0.25) is 0 Å². The topological polar surface area (TPSA) is 47.7 Å². The van der Waals surface area contributed by atoms with E-state index in [9.17, 15) is 0 Å². The van der Waals surface area contributed by atoms with Gasteiger partial charge < -0.3 is 5.32 Å². The molecular weight excluding hydrogens is 262 g/mol. The van der Waals surface area contributed by atoms with Crippen LogP contribution in [-0.4, -0.2) is 19.3 Å². The highest BCUT2D eigenvalue weighted by molar-refractivity contribution is 5.42. The summed E-state index contributed by atoms with van der Waals surface area (Å²) in [6.07, 6.45) is 6.76. The fourth-order valence-electron chi connectivity index (χ4n) is 2.43. The van der Waals surface area contributed by atoms with E-state index in [0.29, 0.717) is 0 Å². The number of para-hydroxylation sites is 1. The highest BCUT2D eigenvalue weighted by atomic mass is 15.3. The number of nitrogens with zero attached hydrogens (tertiary/aromatic N) is 4. The Morgan fingerprint density at radius 2 is 2.00 bits per heavy atom. The van der Waals surface area contributed by atoms with Crippen molar-refractivity contribution in [3.63, 3.8) is 0 Å². The molecule has 0 aliphatic heterocycles. The summed E-state index contributed by atoms with van der Waals surface area (Å²) < 4.78 is 3.90. The zero-order chi connectivity index (χ0) is 14.7. The fraction of sp³-hybridized carbons (Fsp3) is 0.250. The lowest BCUT2D eigenvalue weighted by Gasteiger charge is -2.09. The molecule has 1 N–H and O–H groups in total. The molecule has 0 spiro atoms. The molecule has 0 amide bonds. The monoisotopic (exact) mass is 281 g/mol. The molecule has 21 heavy (non-hydrogen) atoms. The molecule has 1 aromatic carbocycles. The van der Waals surface area contributed by atoms with E-state index in [2.05, 4.69) is 40.7 Å². The van der Waals surface area contributed by atoms with Crippen LogP contribution in [0.3, 0.4) is 0 Å². The number of benzene rings is 1. The van der Waals surface area contributed by atoms with Gasteiger partial charge in [0.2, 0.25) is 5.95 Å². The second-order valence-electron chi connectivity index (χ2n) is 4.94. The van der Waals surface area contributed by atoms with Gasteiger partial charge in [-0.3, -0.25) is 9.25 Å². The van der Waals surface area contributed by atoms with Crippen molar-refractivity contribution in [3.05, 3.63) is 60.2 Å². The van der Waals surface area contributed by atoms with E-state index in [-0.39, 0.29) is 0 Å². The van der Waals surface area contributed by atoms with E-state index in [1.165, 1.54) is 5.56 Å². The van der Waals surface area contributed by atoms with Gasteiger partial charge in [-0.05, 0) is 18.6 Å². The van der Waals surface area contributed by atoms with Crippen molar-refractivity contribution in [1.82, 2.24) is 19.3 Å². The third-order valence-electron chi connectivity index (χ3n) is 3.44. The minimum absolute atomic E-state index is 0.723. The minimum Gasteiger partial charge on any atom is -0.351 e. The highest BCUT2D eigenvalue weighted by Crippen LogP contribution is 2.15. The number of imidazole rings is 1. The molecule has 0 radical (unpaired) electrons. The Morgan fingerprint density at radius 1 is 1.19 bits per heavy atom. The summed E-state index contributed by atoms with van der Waals surface area (Å²) in [5.74, 6) is 0.840. The van der Waals surface area contributed by atoms with Crippen LogP contribution >= 0.6 is 0 Å². The molecule has 0 unspecified atom stereocenters. The smallest absolute Gasteiger partial charge is 0.207 e. The van der Waals surface area contributed by atoms with Gasteiger partial charge in [0.1, 0.15) is 0 Å². The molecule has 0 fully saturated rings. The summed E-state index contributed by atoms with van der Waals surface area (Å²) >= 11 is 0. The maximum Gasteiger partial charge on any atom is 0.207 e. The predicted molar refractivity (Wildman–Crippen MR) is 83.5 cm³/mol. The molecule has 5 heteroatoms. The van der Waals surface area contributed by atoms with Gasteiger partial charge in [-0.15, -0.1) is 0 Å². The number of nitrogens with one attached hydrogen (secondary N) is 1. The first-order valence-electron chi connectivity index (χ1n) is 7.12. The van der Waals surface area contributed by atoms with Gasteiger partial charge in [-0.1, -0.05) is 25.1 Å². The average molecular weight is 281 g/mol. The highest BCUT2D eigenvalue weighted by Gasteiger charge is 2.08. The zero-order valence-electron chi connectivity index (χ0n) is 12.3. The number of aromatic nitrogens is 4. The molecule has 3 aromatic rings. The molecular formula is C16H19N5. The number of hydrogen-bond acceptors (Lipinski definition) is 3. The van der Waals surface area contributed by atoms with Crippen LogP contribution in [0.4, 0.5) is 5.95 Å². The fourth-order valence-corrected chi connectivity index (χ4v) is 2.43. The standard InChI is InChI=1S/C16H19N5/c1-3-15-13(12-20(2)19-15)11-18-16-17-9-10-21(16)14-7-5-4-6-8-14/h4-10,12H,3,11H2,1-2H3,(H,17,18). The summed E-state index contributed by atoms with van der Waals surface area (Å²) in [5, 5.41) is 7.85. The van der Waals surface area contributed by atoms with Gasteiger partial charge in [0.15, 0.2) is 0 Å². The van der Waals surface area contributed by atoms with Crippen LogP contribution in [0.25, 0.3) is 5.69 Å². The summed E-state index contributed by atoms with van der Waals surface area (Å²) in [6.45, 7) is 2.84. The molecule has 0 saturated heterocycles. The van der Waals surface area contributed by atoms with Crippen molar-refractivity contribution < 1.29 is 0 Å². The average Bonchev–Trinajstić information content (AvgIpc) is 3.12. The number of aryl methyl sites for hydroxylation is 2. The molecule has 0 saturated carbocycles. The van der Waals surface area contributed by atoms with Crippen molar-refractivity contribution >= 4 is 5.95 Å². The quantitative estimate of drug-likeness (QED) is 0.782. The Balaban J connectivity index is 1.79. The molecule has 2 heterocycles. The summed E-state index contributed by atoms with van der Waals surface area (Å²) in [7, 11) is 1.95. The Bertz CT molecular complexity index is 711. The van der Waals surface area contributed by atoms with Gasteiger partial charge in [0, 0.05) is 43.4 Å². The van der Waals surface area contributed by atoms with Crippen LogP contribution in [0, 0.1) is 0 Å². The molecule has 108 valence electrons. The Hall–Kier alpha value is -2.56. The van der Waals surface area contributed by atoms with Crippen LogP contribution in [0.5, 0.6) is 0 Å². The third kappa shape index (κ3) is 2.81. The van der Waals surface area contributed by atoms with Gasteiger partial charge in [0.25, 0.3) is 0 Å². The van der Waals surface area contributed by atoms with E-state index in [1.54, 1.807) is 6.20 Å². The number of hydrogen-bond donors (Lipinski definition) is 1. The van der Waals surface area contributed by atoms with Crippen LogP contribution in [0.15, 0.2) is 48.9 Å². The Morgan fingerprint density at radius 3 is 2.76 bits per heavy atom. The van der Waals surface area contributed by atoms with Crippen molar-refractivity contribution in [2.45, 2.75) is 19.9 Å². The molecule has 3 rings (SSSR count). The van der Waals surface area contributed by atoms with Crippen molar-refractivity contribution in [2.24, 2.45) is 7.05 Å². The molecule has 0 aliphatic carbocycles. The molecule has 2 aromatic heterocycles. The SMILES string of the molecule is CCc1nn(C)cc1CNc1nccn1-c1ccccc1. The van der Waals surface area contributed by atoms with Crippen LogP contribution in [0.1, 0.15) is 18.2 Å². The van der Waals surface area contributed by atoms with Gasteiger partial charge in [0.05, 0.1) is 5.69 Å². The summed E-state index contributed by atoms with van der Waals surface area (Å²) in [6, 6.07) is 10.2. The van der Waals surface area contributed by atoms with E-state index in [4.69, 9.17) is 0 Å². The van der Waals surface area contributed by atoms with Crippen molar-refractivity contribution in [3.8, 4) is 5.69 Å². The molecule has 0 atom stereocenters. The summed E-state index contributed by atoms with van der Waals surface area (Å²) in [5.41, 5.74) is 3.44.